The lowest BCUT2D eigenvalue weighted by Gasteiger charge is -2.14. The van der Waals surface area contributed by atoms with E-state index in [2.05, 4.69) is 0 Å². The first-order chi connectivity index (χ1) is 6.75. The molecule has 0 aromatic heterocycles. The van der Waals surface area contributed by atoms with Crippen LogP contribution in [0.3, 0.4) is 0 Å². The molecule has 1 aliphatic carbocycles. The maximum Gasteiger partial charge on any atom is 0.123 e. The zero-order chi connectivity index (χ0) is 9.97. The van der Waals surface area contributed by atoms with E-state index in [1.807, 2.05) is 6.07 Å². The van der Waals surface area contributed by atoms with Gasteiger partial charge in [0.05, 0.1) is 0 Å². The standard InChI is InChI=1S/C12H16FN/c13-11-5-1-3-9(8-11)7-10-4-2-6-12(10)14/h1,3,5,8,10,12H,2,4,6-7,14H2. The number of halogens is 1. The van der Waals surface area contributed by atoms with Crippen molar-refractivity contribution in [2.75, 3.05) is 0 Å². The smallest absolute Gasteiger partial charge is 0.123 e. The van der Waals surface area contributed by atoms with Crippen LogP contribution in [-0.2, 0) is 6.42 Å². The second-order valence-electron chi connectivity index (χ2n) is 4.19. The van der Waals surface area contributed by atoms with Gasteiger partial charge in [-0.25, -0.2) is 4.39 Å². The molecule has 2 atom stereocenters. The van der Waals surface area contributed by atoms with Crippen LogP contribution in [0, 0.1) is 11.7 Å². The summed E-state index contributed by atoms with van der Waals surface area (Å²) >= 11 is 0. The zero-order valence-corrected chi connectivity index (χ0v) is 8.25. The lowest BCUT2D eigenvalue weighted by atomic mass is 9.95. The van der Waals surface area contributed by atoms with Crippen molar-refractivity contribution in [3.05, 3.63) is 35.6 Å². The first kappa shape index (κ1) is 9.66. The fourth-order valence-corrected chi connectivity index (χ4v) is 2.29. The van der Waals surface area contributed by atoms with Gasteiger partial charge in [-0.1, -0.05) is 18.6 Å². The molecule has 0 radical (unpaired) electrons. The molecule has 2 heteroatoms. The van der Waals surface area contributed by atoms with Crippen molar-refractivity contribution in [1.82, 2.24) is 0 Å². The highest BCUT2D eigenvalue weighted by Gasteiger charge is 2.23. The Balaban J connectivity index is 2.03. The lowest BCUT2D eigenvalue weighted by molar-refractivity contribution is 0.477. The molecular weight excluding hydrogens is 177 g/mol. The summed E-state index contributed by atoms with van der Waals surface area (Å²) in [6.07, 6.45) is 4.47. The molecule has 0 heterocycles. The van der Waals surface area contributed by atoms with Crippen LogP contribution >= 0.6 is 0 Å². The lowest BCUT2D eigenvalue weighted by Crippen LogP contribution is -2.25. The summed E-state index contributed by atoms with van der Waals surface area (Å²) in [5.41, 5.74) is 7.05. The third-order valence-electron chi connectivity index (χ3n) is 3.10. The molecule has 1 aromatic rings. The Morgan fingerprint density at radius 1 is 1.36 bits per heavy atom. The van der Waals surface area contributed by atoms with Gasteiger partial charge in [0.2, 0.25) is 0 Å². The summed E-state index contributed by atoms with van der Waals surface area (Å²) in [5.74, 6) is 0.408. The summed E-state index contributed by atoms with van der Waals surface area (Å²) < 4.78 is 12.9. The Morgan fingerprint density at radius 2 is 2.21 bits per heavy atom. The van der Waals surface area contributed by atoms with Gasteiger partial charge in [0.25, 0.3) is 0 Å². The molecule has 1 fully saturated rings. The van der Waals surface area contributed by atoms with Crippen molar-refractivity contribution in [3.63, 3.8) is 0 Å². The van der Waals surface area contributed by atoms with Crippen LogP contribution in [0.1, 0.15) is 24.8 Å². The molecule has 0 amide bonds. The van der Waals surface area contributed by atoms with Gasteiger partial charge < -0.3 is 5.73 Å². The zero-order valence-electron chi connectivity index (χ0n) is 8.25. The minimum atomic E-state index is -0.144. The van der Waals surface area contributed by atoms with Gasteiger partial charge in [-0.3, -0.25) is 0 Å². The van der Waals surface area contributed by atoms with Gasteiger partial charge in [-0.05, 0) is 42.9 Å². The van der Waals surface area contributed by atoms with E-state index >= 15 is 0 Å². The van der Waals surface area contributed by atoms with E-state index in [1.54, 1.807) is 12.1 Å². The van der Waals surface area contributed by atoms with Crippen LogP contribution < -0.4 is 5.73 Å². The normalized spacial score (nSPS) is 26.7. The third-order valence-corrected chi connectivity index (χ3v) is 3.10. The Bertz CT molecular complexity index is 311. The first-order valence-electron chi connectivity index (χ1n) is 5.26. The predicted molar refractivity (Wildman–Crippen MR) is 55.4 cm³/mol. The highest BCUT2D eigenvalue weighted by atomic mass is 19.1. The largest absolute Gasteiger partial charge is 0.327 e. The molecule has 1 aliphatic rings. The van der Waals surface area contributed by atoms with E-state index < -0.39 is 0 Å². The number of nitrogens with two attached hydrogens (primary N) is 1. The van der Waals surface area contributed by atoms with Crippen molar-refractivity contribution < 1.29 is 4.39 Å². The topological polar surface area (TPSA) is 26.0 Å². The molecule has 2 rings (SSSR count). The van der Waals surface area contributed by atoms with Crippen LogP contribution in [0.2, 0.25) is 0 Å². The highest BCUT2D eigenvalue weighted by molar-refractivity contribution is 5.17. The number of rotatable bonds is 2. The molecule has 14 heavy (non-hydrogen) atoms. The number of benzene rings is 1. The maximum atomic E-state index is 12.9. The maximum absolute atomic E-state index is 12.9. The Hall–Kier alpha value is -0.890. The Morgan fingerprint density at radius 3 is 2.86 bits per heavy atom. The van der Waals surface area contributed by atoms with Crippen LogP contribution in [0.25, 0.3) is 0 Å². The molecule has 0 saturated heterocycles. The number of hydrogen-bond donors (Lipinski definition) is 1. The summed E-state index contributed by atoms with van der Waals surface area (Å²) in [7, 11) is 0. The minimum Gasteiger partial charge on any atom is -0.327 e. The Labute approximate surface area is 84.1 Å². The molecule has 0 aliphatic heterocycles. The number of hydrogen-bond acceptors (Lipinski definition) is 1. The van der Waals surface area contributed by atoms with Gasteiger partial charge in [-0.15, -0.1) is 0 Å². The summed E-state index contributed by atoms with van der Waals surface area (Å²) in [4.78, 5) is 0. The van der Waals surface area contributed by atoms with Gasteiger partial charge in [0, 0.05) is 6.04 Å². The fraction of sp³-hybridized carbons (Fsp3) is 0.500. The van der Waals surface area contributed by atoms with Crippen LogP contribution in [0.5, 0.6) is 0 Å². The molecule has 1 aromatic carbocycles. The highest BCUT2D eigenvalue weighted by Crippen LogP contribution is 2.27. The van der Waals surface area contributed by atoms with E-state index in [0.717, 1.165) is 18.4 Å². The van der Waals surface area contributed by atoms with Gasteiger partial charge >= 0.3 is 0 Å². The second kappa shape index (κ2) is 4.09. The Kier molecular flexibility index (Phi) is 2.82. The predicted octanol–water partition coefficient (Wildman–Crippen LogP) is 2.50. The van der Waals surface area contributed by atoms with Crippen molar-refractivity contribution in [2.24, 2.45) is 11.7 Å². The van der Waals surface area contributed by atoms with Gasteiger partial charge in [0.15, 0.2) is 0 Å². The molecule has 76 valence electrons. The first-order valence-corrected chi connectivity index (χ1v) is 5.26. The SMILES string of the molecule is NC1CCCC1Cc1cccc(F)c1. The monoisotopic (exact) mass is 193 g/mol. The van der Waals surface area contributed by atoms with Crippen molar-refractivity contribution in [3.8, 4) is 0 Å². The van der Waals surface area contributed by atoms with E-state index in [4.69, 9.17) is 5.73 Å². The summed E-state index contributed by atoms with van der Waals surface area (Å²) in [6, 6.07) is 7.17. The molecule has 0 spiro atoms. The van der Waals surface area contributed by atoms with E-state index in [1.165, 1.54) is 18.9 Å². The van der Waals surface area contributed by atoms with Gasteiger partial charge in [-0.2, -0.15) is 0 Å². The van der Waals surface area contributed by atoms with Crippen LogP contribution in [0.15, 0.2) is 24.3 Å². The quantitative estimate of drug-likeness (QED) is 0.767. The third kappa shape index (κ3) is 2.13. The van der Waals surface area contributed by atoms with Crippen molar-refractivity contribution >= 4 is 0 Å². The van der Waals surface area contributed by atoms with Crippen molar-refractivity contribution in [1.29, 1.82) is 0 Å². The summed E-state index contributed by atoms with van der Waals surface area (Å²) in [6.45, 7) is 0. The fourth-order valence-electron chi connectivity index (χ4n) is 2.29. The van der Waals surface area contributed by atoms with E-state index in [9.17, 15) is 4.39 Å². The van der Waals surface area contributed by atoms with E-state index in [-0.39, 0.29) is 5.82 Å². The average molecular weight is 193 g/mol. The van der Waals surface area contributed by atoms with E-state index in [0.29, 0.717) is 12.0 Å². The molecular formula is C12H16FN. The second-order valence-corrected chi connectivity index (χ2v) is 4.19. The summed E-state index contributed by atoms with van der Waals surface area (Å²) in [5, 5.41) is 0. The van der Waals surface area contributed by atoms with Crippen molar-refractivity contribution in [2.45, 2.75) is 31.7 Å². The molecule has 1 saturated carbocycles. The molecule has 2 unspecified atom stereocenters. The molecule has 2 N–H and O–H groups in total. The van der Waals surface area contributed by atoms with Crippen LogP contribution in [0.4, 0.5) is 4.39 Å². The molecule has 0 bridgehead atoms. The molecule has 1 nitrogen and oxygen atoms in total. The minimum absolute atomic E-state index is 0.144. The van der Waals surface area contributed by atoms with Gasteiger partial charge in [0.1, 0.15) is 5.82 Å². The van der Waals surface area contributed by atoms with Crippen LogP contribution in [-0.4, -0.2) is 6.04 Å². The average Bonchev–Trinajstić information content (AvgIpc) is 2.52.